The third-order valence-electron chi connectivity index (χ3n) is 3.42. The minimum atomic E-state index is -0.547. The van der Waals surface area contributed by atoms with Gasteiger partial charge in [0.25, 0.3) is 0 Å². The van der Waals surface area contributed by atoms with Gasteiger partial charge in [0.1, 0.15) is 0 Å². The summed E-state index contributed by atoms with van der Waals surface area (Å²) >= 11 is 1.84. The Morgan fingerprint density at radius 2 is 1.83 bits per heavy atom. The Bertz CT molecular complexity index is 151. The smallest absolute Gasteiger partial charge is 0.0923 e. The van der Waals surface area contributed by atoms with Gasteiger partial charge in [-0.1, -0.05) is 12.8 Å². The zero-order valence-corrected chi connectivity index (χ0v) is 8.20. The minimum absolute atomic E-state index is 0.253. The van der Waals surface area contributed by atoms with E-state index in [1.165, 1.54) is 12.8 Å². The van der Waals surface area contributed by atoms with Gasteiger partial charge >= 0.3 is 0 Å². The van der Waals surface area contributed by atoms with Gasteiger partial charge in [-0.25, -0.2) is 0 Å². The van der Waals surface area contributed by atoms with Crippen molar-refractivity contribution in [1.82, 2.24) is 0 Å². The van der Waals surface area contributed by atoms with Crippen molar-refractivity contribution in [3.63, 3.8) is 0 Å². The third kappa shape index (κ3) is 1.19. The van der Waals surface area contributed by atoms with Gasteiger partial charge in [0, 0.05) is 11.3 Å². The predicted molar refractivity (Wildman–Crippen MR) is 52.3 cm³/mol. The molecule has 3 N–H and O–H groups in total. The molecule has 0 amide bonds. The lowest BCUT2D eigenvalue weighted by Gasteiger charge is -2.39. The van der Waals surface area contributed by atoms with E-state index in [1.807, 2.05) is 11.8 Å². The standard InChI is InChI=1S/C9H17NOS/c10-8(3-1-2-4-8)9(11)5-6-12-7-9/h11H,1-7,10H2. The predicted octanol–water partition coefficient (Wildman–Crippen LogP) is 1.13. The zero-order valence-electron chi connectivity index (χ0n) is 7.38. The molecule has 1 aliphatic heterocycles. The Hall–Kier alpha value is 0.270. The zero-order chi connectivity index (χ0) is 8.66. The van der Waals surface area contributed by atoms with E-state index in [0.717, 1.165) is 30.8 Å². The van der Waals surface area contributed by atoms with E-state index >= 15 is 0 Å². The average Bonchev–Trinajstić information content (AvgIpc) is 2.60. The Morgan fingerprint density at radius 1 is 1.17 bits per heavy atom. The van der Waals surface area contributed by atoms with Crippen LogP contribution in [-0.4, -0.2) is 27.8 Å². The van der Waals surface area contributed by atoms with Crippen LogP contribution in [0.5, 0.6) is 0 Å². The molecule has 1 saturated heterocycles. The number of hydrogen-bond donors (Lipinski definition) is 2. The largest absolute Gasteiger partial charge is 0.387 e. The molecule has 0 aromatic heterocycles. The lowest BCUT2D eigenvalue weighted by atomic mass is 9.78. The summed E-state index contributed by atoms with van der Waals surface area (Å²) < 4.78 is 0. The molecule has 70 valence electrons. The molecule has 1 aliphatic carbocycles. The molecule has 3 heteroatoms. The summed E-state index contributed by atoms with van der Waals surface area (Å²) in [5, 5.41) is 10.3. The molecule has 0 aromatic rings. The molecular formula is C9H17NOS. The Labute approximate surface area is 77.9 Å². The summed E-state index contributed by atoms with van der Waals surface area (Å²) in [7, 11) is 0. The highest BCUT2D eigenvalue weighted by atomic mass is 32.2. The molecule has 2 fully saturated rings. The van der Waals surface area contributed by atoms with E-state index < -0.39 is 5.60 Å². The first-order valence-electron chi connectivity index (χ1n) is 4.75. The molecule has 1 saturated carbocycles. The Morgan fingerprint density at radius 3 is 2.33 bits per heavy atom. The summed E-state index contributed by atoms with van der Waals surface area (Å²) in [6.45, 7) is 0. The molecule has 0 radical (unpaired) electrons. The molecule has 0 bridgehead atoms. The van der Waals surface area contributed by atoms with Crippen LogP contribution in [0.25, 0.3) is 0 Å². The molecule has 0 aromatic carbocycles. The highest BCUT2D eigenvalue weighted by molar-refractivity contribution is 7.99. The summed E-state index contributed by atoms with van der Waals surface area (Å²) in [6, 6.07) is 0. The van der Waals surface area contributed by atoms with Crippen molar-refractivity contribution in [3.05, 3.63) is 0 Å². The van der Waals surface area contributed by atoms with Gasteiger partial charge in [-0.3, -0.25) is 0 Å². The van der Waals surface area contributed by atoms with Crippen LogP contribution in [0, 0.1) is 0 Å². The molecule has 1 atom stereocenters. The van der Waals surface area contributed by atoms with Gasteiger partial charge in [-0.05, 0) is 25.0 Å². The van der Waals surface area contributed by atoms with Gasteiger partial charge in [-0.15, -0.1) is 0 Å². The number of thioether (sulfide) groups is 1. The van der Waals surface area contributed by atoms with E-state index in [0.29, 0.717) is 0 Å². The van der Waals surface area contributed by atoms with Gasteiger partial charge in [-0.2, -0.15) is 11.8 Å². The second kappa shape index (κ2) is 2.89. The maximum atomic E-state index is 10.3. The quantitative estimate of drug-likeness (QED) is 0.647. The normalized spacial score (nSPS) is 40.5. The van der Waals surface area contributed by atoms with Crippen LogP contribution >= 0.6 is 11.8 Å². The monoisotopic (exact) mass is 187 g/mol. The summed E-state index contributed by atoms with van der Waals surface area (Å²) in [6.07, 6.45) is 5.33. The summed E-state index contributed by atoms with van der Waals surface area (Å²) in [4.78, 5) is 0. The highest BCUT2D eigenvalue weighted by Crippen LogP contribution is 2.43. The highest BCUT2D eigenvalue weighted by Gasteiger charge is 2.50. The number of rotatable bonds is 1. The third-order valence-corrected chi connectivity index (χ3v) is 4.60. The lowest BCUT2D eigenvalue weighted by Crippen LogP contribution is -2.59. The fraction of sp³-hybridized carbons (Fsp3) is 1.00. The molecule has 2 nitrogen and oxygen atoms in total. The van der Waals surface area contributed by atoms with Gasteiger partial charge in [0.15, 0.2) is 0 Å². The average molecular weight is 187 g/mol. The summed E-state index contributed by atoms with van der Waals surface area (Å²) in [5.41, 5.74) is 5.43. The first-order valence-corrected chi connectivity index (χ1v) is 5.91. The molecule has 12 heavy (non-hydrogen) atoms. The van der Waals surface area contributed by atoms with Crippen LogP contribution in [0.3, 0.4) is 0 Å². The molecule has 2 rings (SSSR count). The van der Waals surface area contributed by atoms with Crippen LogP contribution in [0.2, 0.25) is 0 Å². The molecule has 1 heterocycles. The van der Waals surface area contributed by atoms with Crippen molar-refractivity contribution in [2.24, 2.45) is 5.73 Å². The fourth-order valence-corrected chi connectivity index (χ4v) is 3.81. The minimum Gasteiger partial charge on any atom is -0.387 e. The van der Waals surface area contributed by atoms with E-state index in [4.69, 9.17) is 5.73 Å². The van der Waals surface area contributed by atoms with E-state index in [-0.39, 0.29) is 5.54 Å². The molecule has 1 unspecified atom stereocenters. The van der Waals surface area contributed by atoms with Crippen molar-refractivity contribution >= 4 is 11.8 Å². The van der Waals surface area contributed by atoms with Gasteiger partial charge in [0.05, 0.1) is 5.60 Å². The second-order valence-electron chi connectivity index (χ2n) is 4.20. The lowest BCUT2D eigenvalue weighted by molar-refractivity contribution is -0.00977. The van der Waals surface area contributed by atoms with E-state index in [2.05, 4.69) is 0 Å². The van der Waals surface area contributed by atoms with Crippen molar-refractivity contribution in [2.45, 2.75) is 43.2 Å². The maximum absolute atomic E-state index is 10.3. The van der Waals surface area contributed by atoms with Crippen LogP contribution in [0.1, 0.15) is 32.1 Å². The van der Waals surface area contributed by atoms with E-state index in [1.54, 1.807) is 0 Å². The first-order chi connectivity index (χ1) is 5.66. The first kappa shape index (κ1) is 8.85. The van der Waals surface area contributed by atoms with Crippen molar-refractivity contribution in [1.29, 1.82) is 0 Å². The number of nitrogens with two attached hydrogens (primary N) is 1. The van der Waals surface area contributed by atoms with Gasteiger partial charge < -0.3 is 10.8 Å². The van der Waals surface area contributed by atoms with Crippen LogP contribution in [-0.2, 0) is 0 Å². The number of aliphatic hydroxyl groups is 1. The van der Waals surface area contributed by atoms with Crippen molar-refractivity contribution in [2.75, 3.05) is 11.5 Å². The Balaban J connectivity index is 2.14. The number of hydrogen-bond acceptors (Lipinski definition) is 3. The van der Waals surface area contributed by atoms with Gasteiger partial charge in [0.2, 0.25) is 0 Å². The summed E-state index contributed by atoms with van der Waals surface area (Å²) in [5.74, 6) is 1.93. The van der Waals surface area contributed by atoms with Crippen LogP contribution in [0.4, 0.5) is 0 Å². The van der Waals surface area contributed by atoms with Crippen LogP contribution < -0.4 is 5.73 Å². The van der Waals surface area contributed by atoms with Crippen LogP contribution in [0.15, 0.2) is 0 Å². The van der Waals surface area contributed by atoms with Crippen molar-refractivity contribution < 1.29 is 5.11 Å². The fourth-order valence-electron chi connectivity index (χ4n) is 2.42. The SMILES string of the molecule is NC1(C2(O)CCSC2)CCCC1. The molecule has 2 aliphatic rings. The maximum Gasteiger partial charge on any atom is 0.0923 e. The molecular weight excluding hydrogens is 170 g/mol. The Kier molecular flexibility index (Phi) is 2.13. The topological polar surface area (TPSA) is 46.2 Å². The second-order valence-corrected chi connectivity index (χ2v) is 5.30. The van der Waals surface area contributed by atoms with E-state index in [9.17, 15) is 5.11 Å². The van der Waals surface area contributed by atoms with Crippen molar-refractivity contribution in [3.8, 4) is 0 Å². The molecule has 0 spiro atoms.